The van der Waals surface area contributed by atoms with Gasteiger partial charge < -0.3 is 0 Å². The Labute approximate surface area is 119 Å². The maximum atomic E-state index is 13.4. The summed E-state index contributed by atoms with van der Waals surface area (Å²) in [5.74, 6) is -0.295. The van der Waals surface area contributed by atoms with Crippen LogP contribution in [0.4, 0.5) is 4.39 Å². The lowest BCUT2D eigenvalue weighted by Gasteiger charge is -2.11. The molecule has 0 aliphatic rings. The number of hydrogen-bond acceptors (Lipinski definition) is 1. The monoisotopic (exact) mass is 327 g/mol. The van der Waals surface area contributed by atoms with Gasteiger partial charge in [0.2, 0.25) is 0 Å². The lowest BCUT2D eigenvalue weighted by atomic mass is 10.0. The van der Waals surface area contributed by atoms with Gasteiger partial charge in [-0.3, -0.25) is 4.98 Å². The van der Waals surface area contributed by atoms with Crippen LogP contribution in [0.3, 0.4) is 0 Å². The van der Waals surface area contributed by atoms with E-state index in [1.807, 2.05) is 25.1 Å². The van der Waals surface area contributed by atoms with Crippen LogP contribution in [0.5, 0.6) is 0 Å². The molecule has 0 radical (unpaired) electrons. The van der Waals surface area contributed by atoms with Gasteiger partial charge in [-0.05, 0) is 52.2 Å². The average molecular weight is 329 g/mol. The summed E-state index contributed by atoms with van der Waals surface area (Å²) in [5.41, 5.74) is 2.81. The molecule has 1 aromatic heterocycles. The SMILES string of the molecule is Cc1cccnc1CC(Cl)c1ccc(Br)c(F)c1. The molecule has 4 heteroatoms. The topological polar surface area (TPSA) is 12.9 Å². The number of pyridine rings is 1. The van der Waals surface area contributed by atoms with Crippen molar-refractivity contribution in [2.24, 2.45) is 0 Å². The molecule has 18 heavy (non-hydrogen) atoms. The highest BCUT2D eigenvalue weighted by Gasteiger charge is 2.13. The third kappa shape index (κ3) is 3.09. The minimum absolute atomic E-state index is 0.277. The highest BCUT2D eigenvalue weighted by molar-refractivity contribution is 9.10. The molecule has 0 bridgehead atoms. The van der Waals surface area contributed by atoms with Crippen molar-refractivity contribution in [2.75, 3.05) is 0 Å². The molecule has 0 aliphatic heterocycles. The quantitative estimate of drug-likeness (QED) is 0.737. The molecule has 0 N–H and O–H groups in total. The van der Waals surface area contributed by atoms with Crippen LogP contribution in [0.1, 0.15) is 22.2 Å². The molecule has 1 unspecified atom stereocenters. The molecule has 0 spiro atoms. The highest BCUT2D eigenvalue weighted by atomic mass is 79.9. The van der Waals surface area contributed by atoms with Crippen molar-refractivity contribution in [3.63, 3.8) is 0 Å². The van der Waals surface area contributed by atoms with Crippen LogP contribution in [-0.2, 0) is 6.42 Å². The Hall–Kier alpha value is -0.930. The summed E-state index contributed by atoms with van der Waals surface area (Å²) in [6, 6.07) is 8.84. The predicted molar refractivity (Wildman–Crippen MR) is 75.4 cm³/mol. The molecule has 0 amide bonds. The zero-order valence-electron chi connectivity index (χ0n) is 9.83. The predicted octanol–water partition coefficient (Wildman–Crippen LogP) is 4.81. The summed E-state index contributed by atoms with van der Waals surface area (Å²) >= 11 is 9.44. The van der Waals surface area contributed by atoms with Gasteiger partial charge in [-0.1, -0.05) is 12.1 Å². The molecule has 2 aromatic rings. The Balaban J connectivity index is 2.19. The van der Waals surface area contributed by atoms with Crippen molar-refractivity contribution in [1.29, 1.82) is 0 Å². The van der Waals surface area contributed by atoms with Crippen LogP contribution < -0.4 is 0 Å². The zero-order chi connectivity index (χ0) is 13.1. The summed E-state index contributed by atoms with van der Waals surface area (Å²) < 4.78 is 13.9. The van der Waals surface area contributed by atoms with Crippen molar-refractivity contribution >= 4 is 27.5 Å². The van der Waals surface area contributed by atoms with E-state index in [0.29, 0.717) is 10.9 Å². The molecule has 1 atom stereocenters. The first-order chi connectivity index (χ1) is 8.58. The molecule has 0 aliphatic carbocycles. The van der Waals surface area contributed by atoms with Crippen molar-refractivity contribution in [2.45, 2.75) is 18.7 Å². The first-order valence-electron chi connectivity index (χ1n) is 5.57. The van der Waals surface area contributed by atoms with E-state index in [4.69, 9.17) is 11.6 Å². The van der Waals surface area contributed by atoms with Gasteiger partial charge in [-0.15, -0.1) is 11.6 Å². The molecule has 0 saturated heterocycles. The van der Waals surface area contributed by atoms with E-state index >= 15 is 0 Å². The Bertz CT molecular complexity index is 559. The van der Waals surface area contributed by atoms with Gasteiger partial charge in [0.1, 0.15) is 5.82 Å². The van der Waals surface area contributed by atoms with Gasteiger partial charge in [-0.2, -0.15) is 0 Å². The third-order valence-electron chi connectivity index (χ3n) is 2.80. The number of benzene rings is 1. The zero-order valence-corrected chi connectivity index (χ0v) is 12.2. The molecule has 94 valence electrons. The van der Waals surface area contributed by atoms with Gasteiger partial charge in [0, 0.05) is 18.3 Å². The molecule has 0 saturated carbocycles. The van der Waals surface area contributed by atoms with Crippen molar-refractivity contribution in [3.05, 3.63) is 63.6 Å². The first-order valence-corrected chi connectivity index (χ1v) is 6.80. The summed E-state index contributed by atoms with van der Waals surface area (Å²) in [6.45, 7) is 1.99. The molecule has 1 aromatic carbocycles. The number of rotatable bonds is 3. The van der Waals surface area contributed by atoms with Crippen LogP contribution >= 0.6 is 27.5 Å². The van der Waals surface area contributed by atoms with E-state index in [-0.39, 0.29) is 11.2 Å². The van der Waals surface area contributed by atoms with Gasteiger partial charge in [-0.25, -0.2) is 4.39 Å². The molecule has 0 fully saturated rings. The van der Waals surface area contributed by atoms with E-state index < -0.39 is 0 Å². The smallest absolute Gasteiger partial charge is 0.137 e. The molecule has 1 heterocycles. The minimum atomic E-state index is -0.295. The minimum Gasteiger partial charge on any atom is -0.261 e. The summed E-state index contributed by atoms with van der Waals surface area (Å²) in [4.78, 5) is 4.30. The van der Waals surface area contributed by atoms with E-state index in [9.17, 15) is 4.39 Å². The van der Waals surface area contributed by atoms with Crippen LogP contribution in [0.2, 0.25) is 0 Å². The fourth-order valence-corrected chi connectivity index (χ4v) is 2.26. The summed E-state index contributed by atoms with van der Waals surface area (Å²) in [7, 11) is 0. The number of aryl methyl sites for hydroxylation is 1. The first kappa shape index (κ1) is 13.5. The summed E-state index contributed by atoms with van der Waals surface area (Å²) in [6.07, 6.45) is 2.34. The maximum absolute atomic E-state index is 13.4. The van der Waals surface area contributed by atoms with Gasteiger partial charge in [0.05, 0.1) is 9.85 Å². The lowest BCUT2D eigenvalue weighted by Crippen LogP contribution is -2.01. The lowest BCUT2D eigenvalue weighted by molar-refractivity contribution is 0.618. The van der Waals surface area contributed by atoms with Crippen LogP contribution in [0.25, 0.3) is 0 Å². The number of alkyl halides is 1. The van der Waals surface area contributed by atoms with Crippen molar-refractivity contribution in [1.82, 2.24) is 4.98 Å². The van der Waals surface area contributed by atoms with E-state index in [2.05, 4.69) is 20.9 Å². The van der Waals surface area contributed by atoms with Crippen LogP contribution in [0, 0.1) is 12.7 Å². The Morgan fingerprint density at radius 1 is 1.39 bits per heavy atom. The number of aromatic nitrogens is 1. The molecule has 2 rings (SSSR count). The average Bonchev–Trinajstić information content (AvgIpc) is 2.35. The van der Waals surface area contributed by atoms with Crippen LogP contribution in [0.15, 0.2) is 41.0 Å². The summed E-state index contributed by atoms with van der Waals surface area (Å²) in [5, 5.41) is -0.277. The number of halogens is 3. The Morgan fingerprint density at radius 3 is 2.83 bits per heavy atom. The largest absolute Gasteiger partial charge is 0.261 e. The number of hydrogen-bond donors (Lipinski definition) is 0. The van der Waals surface area contributed by atoms with Gasteiger partial charge >= 0.3 is 0 Å². The second-order valence-electron chi connectivity index (χ2n) is 4.11. The second-order valence-corrected chi connectivity index (χ2v) is 5.49. The van der Waals surface area contributed by atoms with E-state index in [1.165, 1.54) is 6.07 Å². The fourth-order valence-electron chi connectivity index (χ4n) is 1.73. The van der Waals surface area contributed by atoms with Crippen LogP contribution in [-0.4, -0.2) is 4.98 Å². The number of nitrogens with zero attached hydrogens (tertiary/aromatic N) is 1. The van der Waals surface area contributed by atoms with Gasteiger partial charge in [0.25, 0.3) is 0 Å². The molecule has 1 nitrogen and oxygen atoms in total. The standard InChI is InChI=1S/C14H12BrClFN/c1-9-3-2-6-18-14(9)8-12(16)10-4-5-11(15)13(17)7-10/h2-7,12H,8H2,1H3. The molecular weight excluding hydrogens is 317 g/mol. The third-order valence-corrected chi connectivity index (χ3v) is 3.85. The Kier molecular flexibility index (Phi) is 4.36. The van der Waals surface area contributed by atoms with Gasteiger partial charge in [0.15, 0.2) is 0 Å². The van der Waals surface area contributed by atoms with E-state index in [1.54, 1.807) is 12.3 Å². The Morgan fingerprint density at radius 2 is 2.17 bits per heavy atom. The molecular formula is C14H12BrClFN. The van der Waals surface area contributed by atoms with Crippen molar-refractivity contribution < 1.29 is 4.39 Å². The van der Waals surface area contributed by atoms with Crippen molar-refractivity contribution in [3.8, 4) is 0 Å². The normalized spacial score (nSPS) is 12.4. The van der Waals surface area contributed by atoms with E-state index in [0.717, 1.165) is 16.8 Å². The maximum Gasteiger partial charge on any atom is 0.137 e. The second kappa shape index (κ2) is 5.81. The highest BCUT2D eigenvalue weighted by Crippen LogP contribution is 2.28. The fraction of sp³-hybridized carbons (Fsp3) is 0.214.